The SMILES string of the molecule is [B]c1c#cc(-c2ccc(C)cc2)cc1. The topological polar surface area (TPSA) is 0 Å². The first-order valence-corrected chi connectivity index (χ1v) is 4.52. The van der Waals surface area contributed by atoms with Crippen LogP contribution in [0.5, 0.6) is 0 Å². The lowest BCUT2D eigenvalue weighted by Crippen LogP contribution is -1.97. The number of benzene rings is 1. The van der Waals surface area contributed by atoms with Gasteiger partial charge in [-0.3, -0.25) is 0 Å². The molecule has 0 amide bonds. The van der Waals surface area contributed by atoms with Gasteiger partial charge in [0, 0.05) is 5.56 Å². The van der Waals surface area contributed by atoms with Gasteiger partial charge in [-0.2, -0.15) is 0 Å². The highest BCUT2D eigenvalue weighted by atomic mass is 14.0. The largest absolute Gasteiger partial charge is 0.126 e. The summed E-state index contributed by atoms with van der Waals surface area (Å²) >= 11 is 0. The van der Waals surface area contributed by atoms with Crippen LogP contribution >= 0.6 is 0 Å². The summed E-state index contributed by atoms with van der Waals surface area (Å²) in [6.45, 7) is 2.07. The summed E-state index contributed by atoms with van der Waals surface area (Å²) in [5.41, 5.74) is 4.06. The average Bonchev–Trinajstić information content (AvgIpc) is 2.21. The van der Waals surface area contributed by atoms with Gasteiger partial charge in [0.15, 0.2) is 0 Å². The standard InChI is InChI=1S/C13H9B/c1-10-2-4-11(5-3-10)12-6-8-13(14)9-7-12/h2-6,8H,1H3. The van der Waals surface area contributed by atoms with Crippen LogP contribution in [0, 0.1) is 19.1 Å². The molecule has 0 spiro atoms. The van der Waals surface area contributed by atoms with Crippen LogP contribution < -0.4 is 5.46 Å². The second-order valence-electron chi connectivity index (χ2n) is 3.32. The Bertz CT molecular complexity index is 368. The van der Waals surface area contributed by atoms with Crippen molar-refractivity contribution in [1.29, 1.82) is 0 Å². The molecule has 0 heterocycles. The van der Waals surface area contributed by atoms with Crippen molar-refractivity contribution in [3.05, 3.63) is 54.1 Å². The van der Waals surface area contributed by atoms with Crippen LogP contribution in [0.15, 0.2) is 36.4 Å². The van der Waals surface area contributed by atoms with Gasteiger partial charge in [0.1, 0.15) is 7.85 Å². The number of rotatable bonds is 1. The molecule has 0 saturated heterocycles. The minimum atomic E-state index is 0.626. The van der Waals surface area contributed by atoms with Crippen LogP contribution in [0.1, 0.15) is 5.56 Å². The zero-order valence-electron chi connectivity index (χ0n) is 8.04. The second kappa shape index (κ2) is 3.60. The zero-order chi connectivity index (χ0) is 9.97. The molecule has 2 aromatic carbocycles. The van der Waals surface area contributed by atoms with Crippen LogP contribution in [0.2, 0.25) is 0 Å². The van der Waals surface area contributed by atoms with E-state index >= 15 is 0 Å². The van der Waals surface area contributed by atoms with Gasteiger partial charge in [0.25, 0.3) is 0 Å². The summed E-state index contributed by atoms with van der Waals surface area (Å²) in [6.07, 6.45) is 0. The lowest BCUT2D eigenvalue weighted by molar-refractivity contribution is 1.47. The molecule has 0 bridgehead atoms. The van der Waals surface area contributed by atoms with Gasteiger partial charge in [-0.1, -0.05) is 48.0 Å². The highest BCUT2D eigenvalue weighted by Gasteiger charge is 1.94. The highest BCUT2D eigenvalue weighted by molar-refractivity contribution is 6.31. The predicted molar refractivity (Wildman–Crippen MR) is 59.7 cm³/mol. The van der Waals surface area contributed by atoms with E-state index in [4.69, 9.17) is 7.85 Å². The fraction of sp³-hybridized carbons (Fsp3) is 0.0769. The Labute approximate surface area is 86.0 Å². The Morgan fingerprint density at radius 2 is 1.64 bits per heavy atom. The third-order valence-corrected chi connectivity index (χ3v) is 2.13. The van der Waals surface area contributed by atoms with Crippen molar-refractivity contribution >= 4 is 13.3 Å². The molecule has 0 saturated carbocycles. The molecular formula is C13H9B. The van der Waals surface area contributed by atoms with E-state index in [9.17, 15) is 0 Å². The van der Waals surface area contributed by atoms with Crippen LogP contribution in [-0.4, -0.2) is 7.85 Å². The molecule has 1 heteroatoms. The summed E-state index contributed by atoms with van der Waals surface area (Å²) < 4.78 is 0. The van der Waals surface area contributed by atoms with Crippen molar-refractivity contribution in [3.8, 4) is 11.1 Å². The van der Waals surface area contributed by atoms with E-state index in [1.165, 1.54) is 5.56 Å². The molecule has 0 nitrogen and oxygen atoms in total. The normalized spacial score (nSPS) is 9.50. The molecule has 0 aliphatic rings. The lowest BCUT2D eigenvalue weighted by atomic mass is 9.96. The quantitative estimate of drug-likeness (QED) is 0.583. The number of hydrogen-bond donors (Lipinski definition) is 0. The van der Waals surface area contributed by atoms with Crippen molar-refractivity contribution in [2.24, 2.45) is 0 Å². The molecule has 0 aliphatic carbocycles. The van der Waals surface area contributed by atoms with E-state index < -0.39 is 0 Å². The summed E-state index contributed by atoms with van der Waals surface area (Å²) in [5.74, 6) is 0. The number of hydrogen-bond acceptors (Lipinski definition) is 0. The third-order valence-electron chi connectivity index (χ3n) is 2.13. The van der Waals surface area contributed by atoms with Crippen LogP contribution in [-0.2, 0) is 0 Å². The molecule has 2 radical (unpaired) electrons. The summed E-state index contributed by atoms with van der Waals surface area (Å²) in [7, 11) is 5.54. The van der Waals surface area contributed by atoms with Gasteiger partial charge in [-0.25, -0.2) is 0 Å². The maximum Gasteiger partial charge on any atom is 0.126 e. The fourth-order valence-corrected chi connectivity index (χ4v) is 1.30. The maximum atomic E-state index is 5.54. The molecule has 2 aromatic rings. The fourth-order valence-electron chi connectivity index (χ4n) is 1.30. The molecule has 0 aliphatic heterocycles. The average molecular weight is 176 g/mol. The monoisotopic (exact) mass is 176 g/mol. The number of aryl methyl sites for hydroxylation is 1. The second-order valence-corrected chi connectivity index (χ2v) is 3.32. The predicted octanol–water partition coefficient (Wildman–Crippen LogP) is 2.06. The van der Waals surface area contributed by atoms with Crippen molar-refractivity contribution in [1.82, 2.24) is 0 Å². The zero-order valence-corrected chi connectivity index (χ0v) is 8.04. The highest BCUT2D eigenvalue weighted by Crippen LogP contribution is 2.16. The van der Waals surface area contributed by atoms with E-state index in [0.29, 0.717) is 5.46 Å². The van der Waals surface area contributed by atoms with Crippen molar-refractivity contribution < 1.29 is 0 Å². The van der Waals surface area contributed by atoms with Gasteiger partial charge >= 0.3 is 0 Å². The minimum absolute atomic E-state index is 0.626. The van der Waals surface area contributed by atoms with E-state index in [-0.39, 0.29) is 0 Å². The maximum absolute atomic E-state index is 5.54. The molecule has 0 N–H and O–H groups in total. The molecule has 0 atom stereocenters. The van der Waals surface area contributed by atoms with Crippen LogP contribution in [0.25, 0.3) is 11.1 Å². The van der Waals surface area contributed by atoms with Crippen LogP contribution in [0.3, 0.4) is 0 Å². The Morgan fingerprint density at radius 1 is 0.929 bits per heavy atom. The van der Waals surface area contributed by atoms with E-state index in [2.05, 4.69) is 43.3 Å². The molecule has 0 aromatic heterocycles. The Hall–Kier alpha value is -1.68. The van der Waals surface area contributed by atoms with Gasteiger partial charge in [0.2, 0.25) is 0 Å². The van der Waals surface area contributed by atoms with Gasteiger partial charge in [0.05, 0.1) is 0 Å². The molecular weight excluding hydrogens is 167 g/mol. The van der Waals surface area contributed by atoms with Crippen molar-refractivity contribution in [2.75, 3.05) is 0 Å². The summed E-state index contributed by atoms with van der Waals surface area (Å²) in [6, 6.07) is 18.0. The van der Waals surface area contributed by atoms with Gasteiger partial charge in [-0.15, -0.1) is 0 Å². The molecule has 2 rings (SSSR count). The first-order chi connectivity index (χ1) is 6.75. The summed E-state index contributed by atoms with van der Waals surface area (Å²) in [4.78, 5) is 0. The first kappa shape index (κ1) is 8.90. The third kappa shape index (κ3) is 1.80. The van der Waals surface area contributed by atoms with Crippen LogP contribution in [0.4, 0.5) is 0 Å². The first-order valence-electron chi connectivity index (χ1n) is 4.52. The molecule has 0 unspecified atom stereocenters. The van der Waals surface area contributed by atoms with Crippen molar-refractivity contribution in [3.63, 3.8) is 0 Å². The van der Waals surface area contributed by atoms with E-state index in [0.717, 1.165) is 11.1 Å². The molecule has 0 fully saturated rings. The Kier molecular flexibility index (Phi) is 2.29. The molecule has 64 valence electrons. The van der Waals surface area contributed by atoms with E-state index in [1.807, 2.05) is 12.1 Å². The van der Waals surface area contributed by atoms with Gasteiger partial charge < -0.3 is 0 Å². The summed E-state index contributed by atoms with van der Waals surface area (Å²) in [5, 5.41) is 0. The lowest BCUT2D eigenvalue weighted by Gasteiger charge is -1.99. The van der Waals surface area contributed by atoms with Gasteiger partial charge in [-0.05, 0) is 24.0 Å². The smallest absolute Gasteiger partial charge is 0.0775 e. The Morgan fingerprint density at radius 3 is 2.21 bits per heavy atom. The Balaban J connectivity index is 2.40. The van der Waals surface area contributed by atoms with Crippen molar-refractivity contribution in [2.45, 2.75) is 6.92 Å². The minimum Gasteiger partial charge on any atom is -0.0775 e. The van der Waals surface area contributed by atoms with E-state index in [1.54, 1.807) is 0 Å². The molecule has 14 heavy (non-hydrogen) atoms.